The minimum absolute atomic E-state index is 0.0901. The Morgan fingerprint density at radius 3 is 2.43 bits per heavy atom. The number of aliphatic carboxylic acids is 1. The van der Waals surface area contributed by atoms with Crippen LogP contribution in [0.15, 0.2) is 6.07 Å². The number of nitriles is 1. The summed E-state index contributed by atoms with van der Waals surface area (Å²) < 4.78 is 41.0. The van der Waals surface area contributed by atoms with Crippen molar-refractivity contribution in [3.8, 4) is 6.07 Å². The summed E-state index contributed by atoms with van der Waals surface area (Å²) in [6.07, 6.45) is -1.89. The van der Waals surface area contributed by atoms with Crippen molar-refractivity contribution in [2.45, 2.75) is 31.9 Å². The van der Waals surface area contributed by atoms with Gasteiger partial charge in [0.15, 0.2) is 0 Å². The number of rotatable bonds is 4. The van der Waals surface area contributed by atoms with Crippen molar-refractivity contribution in [2.24, 2.45) is 17.8 Å². The number of anilines is 2. The van der Waals surface area contributed by atoms with Gasteiger partial charge in [-0.1, -0.05) is 0 Å². The highest BCUT2D eigenvalue weighted by Crippen LogP contribution is 2.48. The molecule has 0 radical (unpaired) electrons. The summed E-state index contributed by atoms with van der Waals surface area (Å²) in [5.41, 5.74) is -1.35. The van der Waals surface area contributed by atoms with Gasteiger partial charge in [-0.2, -0.15) is 18.4 Å². The van der Waals surface area contributed by atoms with E-state index in [0.717, 1.165) is 25.3 Å². The zero-order chi connectivity index (χ0) is 20.1. The molecule has 0 aromatic carbocycles. The normalized spacial score (nSPS) is 26.7. The van der Waals surface area contributed by atoms with E-state index in [4.69, 9.17) is 5.11 Å². The number of carboxylic acid groups (broad SMARTS) is 1. The fourth-order valence-corrected chi connectivity index (χ4v) is 4.88. The molecular formula is C19H21F3N4O2. The lowest BCUT2D eigenvalue weighted by molar-refractivity contribution is -0.141. The van der Waals surface area contributed by atoms with E-state index in [0.29, 0.717) is 26.2 Å². The van der Waals surface area contributed by atoms with Crippen molar-refractivity contribution in [2.75, 3.05) is 36.0 Å². The SMILES string of the molecule is N#Cc1c(C(F)(F)F)cc(N2C[C@H]3C[C@@H](C2)C3CC(=O)O)nc1N1CCCC1. The lowest BCUT2D eigenvalue weighted by Crippen LogP contribution is -2.56. The highest BCUT2D eigenvalue weighted by Gasteiger charge is 2.48. The Morgan fingerprint density at radius 2 is 1.89 bits per heavy atom. The molecule has 5 rings (SSSR count). The van der Waals surface area contributed by atoms with Gasteiger partial charge in [-0.05, 0) is 43.1 Å². The Labute approximate surface area is 160 Å². The maximum atomic E-state index is 13.7. The third-order valence-corrected chi connectivity index (χ3v) is 6.27. The standard InChI is InChI=1S/C19H21F3N4O2/c20-19(21,22)15-7-16(24-18(14(15)8-23)25-3-1-2-4-25)26-9-11-5-12(10-26)13(11)6-17(27)28/h7,11-13H,1-6,9-10H2,(H,27,28)/t11-,12+,13?. The number of aromatic nitrogens is 1. The summed E-state index contributed by atoms with van der Waals surface area (Å²) in [5.74, 6) is -0.0656. The predicted molar refractivity (Wildman–Crippen MR) is 95.0 cm³/mol. The van der Waals surface area contributed by atoms with E-state index in [-0.39, 0.29) is 35.8 Å². The summed E-state index contributed by atoms with van der Waals surface area (Å²) in [4.78, 5) is 19.1. The van der Waals surface area contributed by atoms with E-state index in [1.807, 2.05) is 4.90 Å². The molecule has 1 aromatic heterocycles. The molecule has 1 aromatic rings. The molecule has 3 saturated heterocycles. The average Bonchev–Trinajstić information content (AvgIpc) is 3.19. The summed E-state index contributed by atoms with van der Waals surface area (Å²) in [5, 5.41) is 18.4. The zero-order valence-corrected chi connectivity index (χ0v) is 15.2. The van der Waals surface area contributed by atoms with Crippen LogP contribution in [0.5, 0.6) is 0 Å². The fraction of sp³-hybridized carbons (Fsp3) is 0.632. The molecule has 0 amide bonds. The monoisotopic (exact) mass is 394 g/mol. The Morgan fingerprint density at radius 1 is 1.25 bits per heavy atom. The minimum Gasteiger partial charge on any atom is -0.481 e. The molecule has 1 saturated carbocycles. The van der Waals surface area contributed by atoms with Gasteiger partial charge in [-0.25, -0.2) is 4.98 Å². The molecule has 3 atom stereocenters. The zero-order valence-electron chi connectivity index (χ0n) is 15.2. The van der Waals surface area contributed by atoms with E-state index in [1.54, 1.807) is 11.0 Å². The first-order valence-corrected chi connectivity index (χ1v) is 9.52. The Balaban J connectivity index is 1.67. The second-order valence-electron chi connectivity index (χ2n) is 7.95. The second-order valence-corrected chi connectivity index (χ2v) is 7.95. The quantitative estimate of drug-likeness (QED) is 0.845. The molecule has 2 bridgehead atoms. The molecule has 3 aliphatic heterocycles. The van der Waals surface area contributed by atoms with Crippen molar-refractivity contribution in [1.82, 2.24) is 4.98 Å². The van der Waals surface area contributed by atoms with Crippen molar-refractivity contribution < 1.29 is 23.1 Å². The van der Waals surface area contributed by atoms with Crippen LogP contribution in [0.4, 0.5) is 24.8 Å². The molecule has 1 N–H and O–H groups in total. The Kier molecular flexibility index (Phi) is 4.60. The van der Waals surface area contributed by atoms with E-state index in [2.05, 4.69) is 4.98 Å². The third-order valence-electron chi connectivity index (χ3n) is 6.27. The van der Waals surface area contributed by atoms with E-state index < -0.39 is 23.3 Å². The lowest BCUT2D eigenvalue weighted by Gasteiger charge is -2.53. The first kappa shape index (κ1) is 18.8. The number of fused-ring (bicyclic) bond motifs is 2. The van der Waals surface area contributed by atoms with Gasteiger partial charge in [0.2, 0.25) is 0 Å². The van der Waals surface area contributed by atoms with Crippen LogP contribution in [0, 0.1) is 29.1 Å². The van der Waals surface area contributed by atoms with Crippen LogP contribution in [-0.2, 0) is 11.0 Å². The van der Waals surface area contributed by atoms with Gasteiger partial charge in [0, 0.05) is 32.6 Å². The Bertz CT molecular complexity index is 818. The molecule has 0 spiro atoms. The maximum absolute atomic E-state index is 13.7. The third kappa shape index (κ3) is 3.25. The van der Waals surface area contributed by atoms with Gasteiger partial charge in [0.05, 0.1) is 5.56 Å². The largest absolute Gasteiger partial charge is 0.481 e. The number of pyridine rings is 1. The van der Waals surface area contributed by atoms with Crippen LogP contribution in [-0.4, -0.2) is 42.2 Å². The van der Waals surface area contributed by atoms with Gasteiger partial charge in [0.25, 0.3) is 0 Å². The highest BCUT2D eigenvalue weighted by atomic mass is 19.4. The number of alkyl halides is 3. The molecular weight excluding hydrogens is 373 g/mol. The first-order valence-electron chi connectivity index (χ1n) is 9.52. The summed E-state index contributed by atoms with van der Waals surface area (Å²) in [7, 11) is 0. The summed E-state index contributed by atoms with van der Waals surface area (Å²) in [6.45, 7) is 2.19. The van der Waals surface area contributed by atoms with Crippen LogP contribution in [0.25, 0.3) is 0 Å². The van der Waals surface area contributed by atoms with Gasteiger partial charge < -0.3 is 14.9 Å². The minimum atomic E-state index is -4.64. The number of hydrogen-bond acceptors (Lipinski definition) is 5. The molecule has 9 heteroatoms. The average molecular weight is 394 g/mol. The van der Waals surface area contributed by atoms with Gasteiger partial charge in [-0.15, -0.1) is 0 Å². The van der Waals surface area contributed by atoms with Crippen molar-refractivity contribution in [3.05, 3.63) is 17.2 Å². The van der Waals surface area contributed by atoms with Crippen LogP contribution < -0.4 is 9.80 Å². The molecule has 1 aliphatic carbocycles. The summed E-state index contributed by atoms with van der Waals surface area (Å²) >= 11 is 0. The van der Waals surface area contributed by atoms with E-state index in [1.165, 1.54) is 0 Å². The molecule has 4 fully saturated rings. The van der Waals surface area contributed by atoms with Crippen molar-refractivity contribution in [3.63, 3.8) is 0 Å². The van der Waals surface area contributed by atoms with Gasteiger partial charge in [0.1, 0.15) is 23.3 Å². The number of halogens is 3. The molecule has 1 unspecified atom stereocenters. The lowest BCUT2D eigenvalue weighted by atomic mass is 9.60. The number of hydrogen-bond donors (Lipinski definition) is 1. The van der Waals surface area contributed by atoms with Crippen molar-refractivity contribution >= 4 is 17.6 Å². The van der Waals surface area contributed by atoms with Crippen LogP contribution in [0.2, 0.25) is 0 Å². The van der Waals surface area contributed by atoms with Crippen LogP contribution in [0.3, 0.4) is 0 Å². The number of carboxylic acids is 1. The molecule has 6 nitrogen and oxygen atoms in total. The van der Waals surface area contributed by atoms with Gasteiger partial charge in [-0.3, -0.25) is 4.79 Å². The van der Waals surface area contributed by atoms with E-state index in [9.17, 15) is 23.2 Å². The maximum Gasteiger partial charge on any atom is 0.417 e. The summed E-state index contributed by atoms with van der Waals surface area (Å²) in [6, 6.07) is 2.70. The van der Waals surface area contributed by atoms with E-state index >= 15 is 0 Å². The highest BCUT2D eigenvalue weighted by molar-refractivity contribution is 5.68. The fourth-order valence-electron chi connectivity index (χ4n) is 4.88. The number of carbonyl (C=O) groups is 1. The number of nitrogens with zero attached hydrogens (tertiary/aromatic N) is 4. The van der Waals surface area contributed by atoms with Crippen molar-refractivity contribution in [1.29, 1.82) is 5.26 Å². The predicted octanol–water partition coefficient (Wildman–Crippen LogP) is 3.12. The van der Waals surface area contributed by atoms with Crippen LogP contribution in [0.1, 0.15) is 36.8 Å². The molecule has 28 heavy (non-hydrogen) atoms. The number of piperidine rings is 2. The Hall–Kier alpha value is -2.50. The smallest absolute Gasteiger partial charge is 0.417 e. The van der Waals surface area contributed by atoms with Crippen LogP contribution >= 0.6 is 0 Å². The molecule has 4 heterocycles. The second kappa shape index (κ2) is 6.83. The van der Waals surface area contributed by atoms with Gasteiger partial charge >= 0.3 is 12.1 Å². The molecule has 150 valence electrons. The molecule has 4 aliphatic rings. The first-order chi connectivity index (χ1) is 13.3. The topological polar surface area (TPSA) is 80.5 Å².